The van der Waals surface area contributed by atoms with Gasteiger partial charge in [-0.1, -0.05) is 13.0 Å². The van der Waals surface area contributed by atoms with Crippen LogP contribution in [0.5, 0.6) is 11.5 Å². The zero-order valence-electron chi connectivity index (χ0n) is 16.4. The minimum atomic E-state index is -4.48. The fourth-order valence-electron chi connectivity index (χ4n) is 2.37. The Morgan fingerprint density at radius 1 is 1.03 bits per heavy atom. The van der Waals surface area contributed by atoms with E-state index in [1.165, 1.54) is 31.4 Å². The summed E-state index contributed by atoms with van der Waals surface area (Å²) in [7, 11) is 1.44. The van der Waals surface area contributed by atoms with Gasteiger partial charge in [-0.2, -0.15) is 13.2 Å². The molecule has 0 aromatic heterocycles. The van der Waals surface area contributed by atoms with Crippen LogP contribution in [0.1, 0.15) is 29.3 Å². The SMILES string of the molecule is CCCOc1ccc(C(=O)NNC(=O)CNc2cccc(C(F)(F)F)c2)cc1OC. The molecule has 30 heavy (non-hydrogen) atoms. The Morgan fingerprint density at radius 2 is 1.80 bits per heavy atom. The number of halogens is 3. The van der Waals surface area contributed by atoms with Crippen molar-refractivity contribution >= 4 is 17.5 Å². The minimum Gasteiger partial charge on any atom is -0.493 e. The Morgan fingerprint density at radius 3 is 2.47 bits per heavy atom. The van der Waals surface area contributed by atoms with Gasteiger partial charge in [-0.3, -0.25) is 20.4 Å². The van der Waals surface area contributed by atoms with Crippen molar-refractivity contribution in [2.45, 2.75) is 19.5 Å². The number of nitrogens with one attached hydrogen (secondary N) is 3. The van der Waals surface area contributed by atoms with Crippen LogP contribution >= 0.6 is 0 Å². The molecular formula is C20H22F3N3O4. The number of hydrogen-bond acceptors (Lipinski definition) is 5. The highest BCUT2D eigenvalue weighted by Crippen LogP contribution is 2.30. The lowest BCUT2D eigenvalue weighted by atomic mass is 10.2. The van der Waals surface area contributed by atoms with Gasteiger partial charge >= 0.3 is 6.18 Å². The minimum absolute atomic E-state index is 0.124. The molecule has 0 aliphatic carbocycles. The Hall–Kier alpha value is -3.43. The van der Waals surface area contributed by atoms with Crippen molar-refractivity contribution in [1.29, 1.82) is 0 Å². The van der Waals surface area contributed by atoms with Crippen molar-refractivity contribution in [3.63, 3.8) is 0 Å². The number of amides is 2. The topological polar surface area (TPSA) is 88.7 Å². The first kappa shape index (κ1) is 22.9. The van der Waals surface area contributed by atoms with Crippen molar-refractivity contribution in [2.75, 3.05) is 25.6 Å². The van der Waals surface area contributed by atoms with E-state index in [0.29, 0.717) is 18.1 Å². The molecule has 0 spiro atoms. The second kappa shape index (κ2) is 10.4. The summed E-state index contributed by atoms with van der Waals surface area (Å²) in [5.74, 6) is -0.378. The average molecular weight is 425 g/mol. The van der Waals surface area contributed by atoms with Crippen molar-refractivity contribution in [3.05, 3.63) is 53.6 Å². The number of hydrogen-bond donors (Lipinski definition) is 3. The number of alkyl halides is 3. The molecule has 2 aromatic rings. The van der Waals surface area contributed by atoms with E-state index < -0.39 is 23.6 Å². The number of hydrazine groups is 1. The number of methoxy groups -OCH3 is 1. The number of benzene rings is 2. The first-order chi connectivity index (χ1) is 14.2. The largest absolute Gasteiger partial charge is 0.493 e. The van der Waals surface area contributed by atoms with Crippen molar-refractivity contribution in [3.8, 4) is 11.5 Å². The molecule has 3 N–H and O–H groups in total. The lowest BCUT2D eigenvalue weighted by molar-refractivity contribution is -0.137. The molecule has 0 unspecified atom stereocenters. The summed E-state index contributed by atoms with van der Waals surface area (Å²) in [6.07, 6.45) is -3.67. The molecule has 0 heterocycles. The molecule has 10 heteroatoms. The maximum absolute atomic E-state index is 12.7. The molecule has 0 aliphatic heterocycles. The Labute approximate surface area is 171 Å². The molecule has 0 aliphatic rings. The van der Waals surface area contributed by atoms with Gasteiger partial charge < -0.3 is 14.8 Å². The number of carbonyl (C=O) groups excluding carboxylic acids is 2. The van der Waals surface area contributed by atoms with E-state index in [1.807, 2.05) is 6.92 Å². The first-order valence-electron chi connectivity index (χ1n) is 9.05. The van der Waals surface area contributed by atoms with Crippen LogP contribution < -0.4 is 25.6 Å². The van der Waals surface area contributed by atoms with Gasteiger partial charge in [0.2, 0.25) is 0 Å². The van der Waals surface area contributed by atoms with E-state index in [1.54, 1.807) is 6.07 Å². The number of ether oxygens (including phenoxy) is 2. The lowest BCUT2D eigenvalue weighted by Gasteiger charge is -2.13. The van der Waals surface area contributed by atoms with Crippen LogP contribution in [-0.2, 0) is 11.0 Å². The van der Waals surface area contributed by atoms with Crippen LogP contribution in [0.2, 0.25) is 0 Å². The van der Waals surface area contributed by atoms with Gasteiger partial charge in [0.05, 0.1) is 25.8 Å². The Bertz CT molecular complexity index is 888. The summed E-state index contributed by atoms with van der Waals surface area (Å²) in [6, 6.07) is 9.00. The van der Waals surface area contributed by atoms with E-state index in [9.17, 15) is 22.8 Å². The zero-order valence-corrected chi connectivity index (χ0v) is 16.4. The maximum atomic E-state index is 12.7. The molecule has 2 aromatic carbocycles. The highest BCUT2D eigenvalue weighted by atomic mass is 19.4. The summed E-state index contributed by atoms with van der Waals surface area (Å²) < 4.78 is 48.8. The van der Waals surface area contributed by atoms with E-state index in [-0.39, 0.29) is 17.8 Å². The van der Waals surface area contributed by atoms with Gasteiger partial charge in [0.1, 0.15) is 0 Å². The quantitative estimate of drug-likeness (QED) is 0.565. The third kappa shape index (κ3) is 6.57. The number of anilines is 1. The van der Waals surface area contributed by atoms with Crippen LogP contribution in [-0.4, -0.2) is 32.1 Å². The summed E-state index contributed by atoms with van der Waals surface area (Å²) in [5, 5.41) is 2.57. The van der Waals surface area contributed by atoms with Crippen molar-refractivity contribution in [2.24, 2.45) is 0 Å². The molecule has 2 rings (SSSR count). The maximum Gasteiger partial charge on any atom is 0.416 e. The van der Waals surface area contributed by atoms with Crippen molar-refractivity contribution in [1.82, 2.24) is 10.9 Å². The molecule has 0 bridgehead atoms. The van der Waals surface area contributed by atoms with Gasteiger partial charge in [0, 0.05) is 11.3 Å². The Balaban J connectivity index is 1.88. The van der Waals surface area contributed by atoms with E-state index >= 15 is 0 Å². The third-order valence-corrected chi connectivity index (χ3v) is 3.85. The fourth-order valence-corrected chi connectivity index (χ4v) is 2.37. The molecular weight excluding hydrogens is 403 g/mol. The van der Waals surface area contributed by atoms with Crippen LogP contribution in [0.3, 0.4) is 0 Å². The molecule has 7 nitrogen and oxygen atoms in total. The predicted molar refractivity (Wildman–Crippen MR) is 104 cm³/mol. The van der Waals surface area contributed by atoms with Crippen LogP contribution in [0.25, 0.3) is 0 Å². The van der Waals surface area contributed by atoms with Gasteiger partial charge in [-0.25, -0.2) is 0 Å². The molecule has 2 amide bonds. The molecule has 0 fully saturated rings. The zero-order chi connectivity index (χ0) is 22.1. The van der Waals surface area contributed by atoms with Gasteiger partial charge in [-0.05, 0) is 42.8 Å². The molecule has 0 saturated heterocycles. The number of carbonyl (C=O) groups is 2. The molecule has 0 atom stereocenters. The summed E-state index contributed by atoms with van der Waals surface area (Å²) >= 11 is 0. The standard InChI is InChI=1S/C20H22F3N3O4/c1-3-9-30-16-8-7-13(10-17(16)29-2)19(28)26-25-18(27)12-24-15-6-4-5-14(11-15)20(21,22)23/h4-8,10-11,24H,3,9,12H2,1-2H3,(H,25,27)(H,26,28). The summed E-state index contributed by atoms with van der Waals surface area (Å²) in [6.45, 7) is 2.12. The first-order valence-corrected chi connectivity index (χ1v) is 9.05. The van der Waals surface area contributed by atoms with E-state index in [0.717, 1.165) is 18.6 Å². The highest BCUT2D eigenvalue weighted by molar-refractivity contribution is 5.96. The van der Waals surface area contributed by atoms with Crippen LogP contribution in [0.4, 0.5) is 18.9 Å². The number of rotatable bonds is 8. The smallest absolute Gasteiger partial charge is 0.416 e. The van der Waals surface area contributed by atoms with Crippen molar-refractivity contribution < 1.29 is 32.2 Å². The van der Waals surface area contributed by atoms with Crippen LogP contribution in [0, 0.1) is 0 Å². The predicted octanol–water partition coefficient (Wildman–Crippen LogP) is 3.38. The molecule has 162 valence electrons. The van der Waals surface area contributed by atoms with Gasteiger partial charge in [-0.15, -0.1) is 0 Å². The summed E-state index contributed by atoms with van der Waals surface area (Å²) in [5.41, 5.74) is 3.93. The monoisotopic (exact) mass is 425 g/mol. The molecule has 0 radical (unpaired) electrons. The van der Waals surface area contributed by atoms with Crippen LogP contribution in [0.15, 0.2) is 42.5 Å². The van der Waals surface area contributed by atoms with E-state index in [4.69, 9.17) is 9.47 Å². The summed E-state index contributed by atoms with van der Waals surface area (Å²) in [4.78, 5) is 24.1. The van der Waals surface area contributed by atoms with Gasteiger partial charge in [0.25, 0.3) is 11.8 Å². The second-order valence-electron chi connectivity index (χ2n) is 6.15. The van der Waals surface area contributed by atoms with E-state index in [2.05, 4.69) is 16.2 Å². The average Bonchev–Trinajstić information content (AvgIpc) is 2.74. The Kier molecular flexibility index (Phi) is 7.90. The lowest BCUT2D eigenvalue weighted by Crippen LogP contribution is -2.44. The molecule has 0 saturated carbocycles. The van der Waals surface area contributed by atoms with Gasteiger partial charge in [0.15, 0.2) is 11.5 Å². The normalized spacial score (nSPS) is 10.8. The fraction of sp³-hybridized carbons (Fsp3) is 0.300. The highest BCUT2D eigenvalue weighted by Gasteiger charge is 2.30. The third-order valence-electron chi connectivity index (χ3n) is 3.85. The second-order valence-corrected chi connectivity index (χ2v) is 6.15.